The Morgan fingerprint density at radius 1 is 1.35 bits per heavy atom. The minimum Gasteiger partial charge on any atom is -0.382 e. The summed E-state index contributed by atoms with van der Waals surface area (Å²) in [6, 6.07) is 0. The molecule has 0 atom stereocenters. The molecule has 1 heterocycles. The van der Waals surface area contributed by atoms with E-state index in [1.54, 1.807) is 0 Å². The zero-order valence-electron chi connectivity index (χ0n) is 13.1. The van der Waals surface area contributed by atoms with Crippen molar-refractivity contribution in [2.45, 2.75) is 13.8 Å². The van der Waals surface area contributed by atoms with E-state index in [1.807, 2.05) is 33.1 Å². The predicted octanol–water partition coefficient (Wildman–Crippen LogP) is 1.11. The second-order valence-corrected chi connectivity index (χ2v) is 7.17. The molecule has 1 aromatic rings. The molecule has 0 saturated heterocycles. The van der Waals surface area contributed by atoms with Gasteiger partial charge >= 0.3 is 0 Å². The van der Waals surface area contributed by atoms with Gasteiger partial charge in [-0.25, -0.2) is 4.98 Å². The number of nitrogens with zero attached hydrogens (tertiary/aromatic N) is 3. The Morgan fingerprint density at radius 3 is 2.40 bits per heavy atom. The third kappa shape index (κ3) is 4.64. The van der Waals surface area contributed by atoms with Crippen molar-refractivity contribution in [2.75, 3.05) is 51.9 Å². The lowest BCUT2D eigenvalue weighted by atomic mass is 9.93. The van der Waals surface area contributed by atoms with Crippen molar-refractivity contribution in [3.63, 3.8) is 0 Å². The Balaban J connectivity index is 2.68. The second-order valence-electron chi connectivity index (χ2n) is 6.19. The van der Waals surface area contributed by atoms with Crippen molar-refractivity contribution in [3.05, 3.63) is 4.88 Å². The van der Waals surface area contributed by atoms with Crippen molar-refractivity contribution in [1.82, 2.24) is 15.2 Å². The number of amides is 1. The summed E-state index contributed by atoms with van der Waals surface area (Å²) in [4.78, 5) is 20.8. The molecule has 114 valence electrons. The van der Waals surface area contributed by atoms with Crippen LogP contribution < -0.4 is 16.0 Å². The number of carbonyl (C=O) groups is 1. The molecule has 20 heavy (non-hydrogen) atoms. The fourth-order valence-electron chi connectivity index (χ4n) is 1.99. The van der Waals surface area contributed by atoms with Crippen LogP contribution in [-0.4, -0.2) is 57.1 Å². The van der Waals surface area contributed by atoms with Crippen LogP contribution in [-0.2, 0) is 0 Å². The van der Waals surface area contributed by atoms with Gasteiger partial charge in [0.05, 0.1) is 0 Å². The zero-order chi connectivity index (χ0) is 15.5. The number of carbonyl (C=O) groups excluding carboxylic acids is 1. The maximum absolute atomic E-state index is 12.2. The average molecular weight is 299 g/mol. The lowest BCUT2D eigenvalue weighted by Gasteiger charge is -2.28. The number of hydrogen-bond acceptors (Lipinski definition) is 6. The summed E-state index contributed by atoms with van der Waals surface area (Å²) in [5, 5.41) is 3.68. The van der Waals surface area contributed by atoms with Gasteiger partial charge in [0.25, 0.3) is 5.91 Å². The highest BCUT2D eigenvalue weighted by Gasteiger charge is 2.22. The summed E-state index contributed by atoms with van der Waals surface area (Å²) in [5.41, 5.74) is 5.81. The first-order valence-corrected chi connectivity index (χ1v) is 7.30. The molecule has 0 radical (unpaired) electrons. The lowest BCUT2D eigenvalue weighted by Crippen LogP contribution is -2.39. The highest BCUT2D eigenvalue weighted by molar-refractivity contribution is 7.18. The summed E-state index contributed by atoms with van der Waals surface area (Å²) in [6.45, 7) is 5.73. The van der Waals surface area contributed by atoms with Gasteiger partial charge in [0.1, 0.15) is 10.7 Å². The van der Waals surface area contributed by atoms with Crippen LogP contribution in [0.3, 0.4) is 0 Å². The topological polar surface area (TPSA) is 74.5 Å². The summed E-state index contributed by atoms with van der Waals surface area (Å²) in [7, 11) is 7.79. The molecule has 1 amide bonds. The molecule has 0 fully saturated rings. The van der Waals surface area contributed by atoms with Gasteiger partial charge in [-0.3, -0.25) is 4.79 Å². The fourth-order valence-corrected chi connectivity index (χ4v) is 2.81. The van der Waals surface area contributed by atoms with Crippen molar-refractivity contribution >= 4 is 28.2 Å². The number of aromatic nitrogens is 1. The molecule has 0 bridgehead atoms. The van der Waals surface area contributed by atoms with Gasteiger partial charge in [0, 0.05) is 27.2 Å². The molecule has 0 spiro atoms. The second kappa shape index (κ2) is 6.41. The molecular weight excluding hydrogens is 274 g/mol. The Morgan fingerprint density at radius 2 is 1.95 bits per heavy atom. The molecule has 6 nitrogen and oxygen atoms in total. The first-order valence-electron chi connectivity index (χ1n) is 6.49. The number of nitrogens with two attached hydrogens (primary N) is 1. The number of rotatable bonds is 6. The van der Waals surface area contributed by atoms with E-state index in [-0.39, 0.29) is 11.3 Å². The molecule has 0 aliphatic heterocycles. The van der Waals surface area contributed by atoms with E-state index < -0.39 is 0 Å². The average Bonchev–Trinajstić information content (AvgIpc) is 2.67. The molecule has 1 rings (SSSR count). The van der Waals surface area contributed by atoms with Crippen LogP contribution in [0.2, 0.25) is 0 Å². The zero-order valence-corrected chi connectivity index (χ0v) is 14.0. The largest absolute Gasteiger partial charge is 0.382 e. The maximum Gasteiger partial charge on any atom is 0.265 e. The van der Waals surface area contributed by atoms with Gasteiger partial charge in [-0.15, -0.1) is 0 Å². The standard InChI is InChI=1S/C13H25N5OS/c1-13(2,8-17(3)4)7-15-11(19)9-10(14)16-12(20-9)18(5)6/h7-8,14H2,1-6H3,(H,15,19). The van der Waals surface area contributed by atoms with Crippen LogP contribution in [0.5, 0.6) is 0 Å². The molecule has 0 saturated carbocycles. The van der Waals surface area contributed by atoms with E-state index in [0.29, 0.717) is 17.2 Å². The van der Waals surface area contributed by atoms with E-state index in [0.717, 1.165) is 11.7 Å². The minimum absolute atomic E-state index is 0.00296. The van der Waals surface area contributed by atoms with E-state index in [9.17, 15) is 4.79 Å². The summed E-state index contributed by atoms with van der Waals surface area (Å²) in [6.07, 6.45) is 0. The van der Waals surface area contributed by atoms with Gasteiger partial charge in [0.2, 0.25) is 0 Å². The van der Waals surface area contributed by atoms with Gasteiger partial charge in [-0.1, -0.05) is 25.2 Å². The number of nitrogens with one attached hydrogen (secondary N) is 1. The Labute approximate surface area is 125 Å². The number of hydrogen-bond donors (Lipinski definition) is 2. The third-order valence-corrected chi connectivity index (χ3v) is 3.94. The molecule has 3 N–H and O–H groups in total. The minimum atomic E-state index is -0.153. The Bertz CT molecular complexity index is 467. The molecular formula is C13H25N5OS. The fraction of sp³-hybridized carbons (Fsp3) is 0.692. The maximum atomic E-state index is 12.2. The highest BCUT2D eigenvalue weighted by Crippen LogP contribution is 2.26. The lowest BCUT2D eigenvalue weighted by molar-refractivity contribution is 0.0934. The Kier molecular flexibility index (Phi) is 5.35. The first kappa shape index (κ1) is 16.7. The van der Waals surface area contributed by atoms with E-state index in [4.69, 9.17) is 5.73 Å². The monoisotopic (exact) mass is 299 g/mol. The van der Waals surface area contributed by atoms with E-state index in [1.165, 1.54) is 11.3 Å². The predicted molar refractivity (Wildman–Crippen MR) is 85.5 cm³/mol. The van der Waals surface area contributed by atoms with Gasteiger partial charge < -0.3 is 20.9 Å². The molecule has 0 aliphatic rings. The summed E-state index contributed by atoms with van der Waals surface area (Å²) >= 11 is 1.31. The summed E-state index contributed by atoms with van der Waals surface area (Å²) in [5.74, 6) is 0.140. The van der Waals surface area contributed by atoms with Gasteiger partial charge in [0.15, 0.2) is 5.13 Å². The molecule has 7 heteroatoms. The third-order valence-electron chi connectivity index (χ3n) is 2.70. The number of anilines is 2. The SMILES string of the molecule is CN(C)CC(C)(C)CNC(=O)c1sc(N(C)C)nc1N. The van der Waals surface area contributed by atoms with Crippen LogP contribution in [0, 0.1) is 5.41 Å². The van der Waals surface area contributed by atoms with Crippen LogP contribution in [0.15, 0.2) is 0 Å². The Hall–Kier alpha value is -1.34. The smallest absolute Gasteiger partial charge is 0.265 e. The first-order chi connectivity index (χ1) is 9.12. The van der Waals surface area contributed by atoms with Crippen LogP contribution in [0.1, 0.15) is 23.5 Å². The van der Waals surface area contributed by atoms with Crippen molar-refractivity contribution in [3.8, 4) is 0 Å². The summed E-state index contributed by atoms with van der Waals surface area (Å²) < 4.78 is 0. The van der Waals surface area contributed by atoms with E-state index >= 15 is 0 Å². The van der Waals surface area contributed by atoms with Crippen LogP contribution >= 0.6 is 11.3 Å². The number of nitrogen functional groups attached to an aromatic ring is 1. The van der Waals surface area contributed by atoms with Crippen LogP contribution in [0.25, 0.3) is 0 Å². The van der Waals surface area contributed by atoms with Crippen molar-refractivity contribution in [1.29, 1.82) is 0 Å². The number of thiazole rings is 1. The highest BCUT2D eigenvalue weighted by atomic mass is 32.1. The van der Waals surface area contributed by atoms with Crippen molar-refractivity contribution < 1.29 is 4.79 Å². The van der Waals surface area contributed by atoms with Gasteiger partial charge in [-0.2, -0.15) is 0 Å². The van der Waals surface area contributed by atoms with Crippen LogP contribution in [0.4, 0.5) is 10.9 Å². The normalized spacial score (nSPS) is 11.8. The molecule has 0 aromatic carbocycles. The van der Waals surface area contributed by atoms with E-state index in [2.05, 4.69) is 29.0 Å². The van der Waals surface area contributed by atoms with Gasteiger partial charge in [-0.05, 0) is 19.5 Å². The molecule has 1 aromatic heterocycles. The van der Waals surface area contributed by atoms with Crippen molar-refractivity contribution in [2.24, 2.45) is 5.41 Å². The molecule has 0 unspecified atom stereocenters. The quantitative estimate of drug-likeness (QED) is 0.823. The molecule has 0 aliphatic carbocycles.